The molecular weight excluding hydrogens is 288 g/mol. The molecule has 0 radical (unpaired) electrons. The summed E-state index contributed by atoms with van der Waals surface area (Å²) in [5, 5.41) is 16.5. The first-order valence-corrected chi connectivity index (χ1v) is 7.73. The summed E-state index contributed by atoms with van der Waals surface area (Å²) in [6.45, 7) is 4.00. The zero-order chi connectivity index (χ0) is 16.4. The molecule has 0 bridgehead atoms. The van der Waals surface area contributed by atoms with Gasteiger partial charge in [0.2, 0.25) is 0 Å². The molecule has 2 aromatic carbocycles. The minimum absolute atomic E-state index is 0.286. The molecule has 23 heavy (non-hydrogen) atoms. The first-order chi connectivity index (χ1) is 11.2. The molecule has 0 spiro atoms. The second-order valence-corrected chi connectivity index (χ2v) is 5.14. The third-order valence-electron chi connectivity index (χ3n) is 3.93. The van der Waals surface area contributed by atoms with E-state index < -0.39 is 5.97 Å². The zero-order valence-electron chi connectivity index (χ0n) is 13.1. The van der Waals surface area contributed by atoms with Gasteiger partial charge in [-0.3, -0.25) is 5.10 Å². The molecule has 0 amide bonds. The van der Waals surface area contributed by atoms with Crippen molar-refractivity contribution in [3.8, 4) is 22.5 Å². The number of aromatic amines is 1. The summed E-state index contributed by atoms with van der Waals surface area (Å²) in [5.74, 6) is -0.916. The van der Waals surface area contributed by atoms with E-state index in [0.717, 1.165) is 23.4 Å². The van der Waals surface area contributed by atoms with Gasteiger partial charge in [0.25, 0.3) is 0 Å². The number of hydrogen-bond donors (Lipinski definition) is 2. The molecule has 4 heteroatoms. The van der Waals surface area contributed by atoms with E-state index in [1.165, 1.54) is 16.7 Å². The molecule has 0 aliphatic heterocycles. The zero-order valence-corrected chi connectivity index (χ0v) is 13.1. The van der Waals surface area contributed by atoms with Gasteiger partial charge in [0.05, 0.1) is 17.0 Å². The van der Waals surface area contributed by atoms with Gasteiger partial charge < -0.3 is 5.11 Å². The van der Waals surface area contributed by atoms with Gasteiger partial charge in [0, 0.05) is 23.1 Å². The van der Waals surface area contributed by atoms with Crippen LogP contribution in [0, 0.1) is 0 Å². The fourth-order valence-electron chi connectivity index (χ4n) is 2.88. The molecule has 0 saturated heterocycles. The lowest BCUT2D eigenvalue weighted by Crippen LogP contribution is -1.95. The predicted octanol–water partition coefficient (Wildman–Crippen LogP) is 4.37. The average molecular weight is 306 g/mol. The second kappa shape index (κ2) is 6.08. The van der Waals surface area contributed by atoms with Crippen molar-refractivity contribution in [2.24, 2.45) is 0 Å². The van der Waals surface area contributed by atoms with E-state index in [-0.39, 0.29) is 5.56 Å². The minimum atomic E-state index is -0.916. The Balaban J connectivity index is 0.000000753. The molecule has 4 nitrogen and oxygen atoms in total. The average Bonchev–Trinajstić information content (AvgIpc) is 3.16. The number of carboxylic acids is 1. The Morgan fingerprint density at radius 3 is 2.48 bits per heavy atom. The van der Waals surface area contributed by atoms with Crippen LogP contribution in [0.3, 0.4) is 0 Å². The number of carbonyl (C=O) groups is 1. The molecule has 1 heterocycles. The van der Waals surface area contributed by atoms with E-state index in [1.807, 2.05) is 38.1 Å². The number of hydrogen-bond acceptors (Lipinski definition) is 2. The van der Waals surface area contributed by atoms with Gasteiger partial charge in [0.1, 0.15) is 0 Å². The maximum absolute atomic E-state index is 10.9. The van der Waals surface area contributed by atoms with Crippen molar-refractivity contribution < 1.29 is 9.90 Å². The van der Waals surface area contributed by atoms with Crippen LogP contribution in [0.4, 0.5) is 0 Å². The molecule has 3 aromatic rings. The van der Waals surface area contributed by atoms with Crippen LogP contribution in [0.15, 0.2) is 48.5 Å². The van der Waals surface area contributed by atoms with Crippen LogP contribution >= 0.6 is 0 Å². The van der Waals surface area contributed by atoms with E-state index >= 15 is 0 Å². The fourth-order valence-corrected chi connectivity index (χ4v) is 2.88. The summed E-state index contributed by atoms with van der Waals surface area (Å²) in [4.78, 5) is 10.9. The number of nitrogens with zero attached hydrogens (tertiary/aromatic N) is 1. The lowest BCUT2D eigenvalue weighted by atomic mass is 10.0. The topological polar surface area (TPSA) is 66.0 Å². The molecule has 116 valence electrons. The van der Waals surface area contributed by atoms with Crippen LogP contribution in [0.1, 0.15) is 35.3 Å². The largest absolute Gasteiger partial charge is 0.478 e. The van der Waals surface area contributed by atoms with Gasteiger partial charge in [-0.1, -0.05) is 50.2 Å². The fraction of sp³-hybridized carbons (Fsp3) is 0.158. The Kier molecular flexibility index (Phi) is 3.98. The molecule has 0 saturated carbocycles. The van der Waals surface area contributed by atoms with Gasteiger partial charge in [-0.15, -0.1) is 0 Å². The van der Waals surface area contributed by atoms with Gasteiger partial charge >= 0.3 is 5.97 Å². The van der Waals surface area contributed by atoms with E-state index in [2.05, 4.69) is 22.3 Å². The Morgan fingerprint density at radius 2 is 1.78 bits per heavy atom. The summed E-state index contributed by atoms with van der Waals surface area (Å²) in [6, 6.07) is 15.1. The monoisotopic (exact) mass is 306 g/mol. The molecular formula is C19H18N2O2. The summed E-state index contributed by atoms with van der Waals surface area (Å²) >= 11 is 0. The Bertz CT molecular complexity index is 848. The summed E-state index contributed by atoms with van der Waals surface area (Å²) in [7, 11) is 0. The number of aromatic carboxylic acids is 1. The van der Waals surface area contributed by atoms with E-state index in [1.54, 1.807) is 12.1 Å². The SMILES string of the molecule is CC.O=C(O)c1ccc(-c2n[nH]c3c2Cc2ccccc2-3)cc1. The third kappa shape index (κ3) is 2.52. The molecule has 0 unspecified atom stereocenters. The highest BCUT2D eigenvalue weighted by Crippen LogP contribution is 2.39. The second-order valence-electron chi connectivity index (χ2n) is 5.14. The highest BCUT2D eigenvalue weighted by atomic mass is 16.4. The van der Waals surface area contributed by atoms with Crippen molar-refractivity contribution in [2.45, 2.75) is 20.3 Å². The van der Waals surface area contributed by atoms with Crippen LogP contribution < -0.4 is 0 Å². The smallest absolute Gasteiger partial charge is 0.335 e. The number of aromatic nitrogens is 2. The standard InChI is InChI=1S/C17H12N2O2.C2H6/c20-17(21)11-7-5-10(6-8-11)15-14-9-12-3-1-2-4-13(12)16(14)19-18-15;1-2/h1-8H,9H2,(H,18,19)(H,20,21);1-2H3. The minimum Gasteiger partial charge on any atom is -0.478 e. The van der Waals surface area contributed by atoms with Crippen molar-refractivity contribution in [3.05, 3.63) is 65.2 Å². The summed E-state index contributed by atoms with van der Waals surface area (Å²) in [6.07, 6.45) is 0.859. The van der Waals surface area contributed by atoms with Crippen LogP contribution in [0.25, 0.3) is 22.5 Å². The van der Waals surface area contributed by atoms with E-state index in [4.69, 9.17) is 5.11 Å². The molecule has 4 rings (SSSR count). The first-order valence-electron chi connectivity index (χ1n) is 7.73. The van der Waals surface area contributed by atoms with Crippen molar-refractivity contribution in [1.82, 2.24) is 10.2 Å². The number of rotatable bonds is 2. The highest BCUT2D eigenvalue weighted by Gasteiger charge is 2.24. The number of benzene rings is 2. The molecule has 2 N–H and O–H groups in total. The first kappa shape index (κ1) is 15.0. The van der Waals surface area contributed by atoms with Gasteiger partial charge in [-0.05, 0) is 17.7 Å². The van der Waals surface area contributed by atoms with Crippen LogP contribution in [-0.4, -0.2) is 21.3 Å². The number of nitrogens with one attached hydrogen (secondary N) is 1. The van der Waals surface area contributed by atoms with Crippen molar-refractivity contribution in [1.29, 1.82) is 0 Å². The van der Waals surface area contributed by atoms with Crippen LogP contribution in [0.5, 0.6) is 0 Å². The van der Waals surface area contributed by atoms with Gasteiger partial charge in [0.15, 0.2) is 0 Å². The van der Waals surface area contributed by atoms with Crippen LogP contribution in [0.2, 0.25) is 0 Å². The normalized spacial score (nSPS) is 11.2. The van der Waals surface area contributed by atoms with E-state index in [9.17, 15) is 4.79 Å². The quantitative estimate of drug-likeness (QED) is 0.578. The molecule has 0 atom stereocenters. The van der Waals surface area contributed by atoms with E-state index in [0.29, 0.717) is 0 Å². The number of H-pyrrole nitrogens is 1. The number of fused-ring (bicyclic) bond motifs is 3. The summed E-state index contributed by atoms with van der Waals surface area (Å²) < 4.78 is 0. The van der Waals surface area contributed by atoms with Gasteiger partial charge in [-0.2, -0.15) is 5.10 Å². The molecule has 1 aromatic heterocycles. The number of carboxylic acid groups (broad SMARTS) is 1. The Morgan fingerprint density at radius 1 is 1.09 bits per heavy atom. The lowest BCUT2D eigenvalue weighted by molar-refractivity contribution is 0.0697. The maximum Gasteiger partial charge on any atom is 0.335 e. The van der Waals surface area contributed by atoms with Crippen LogP contribution in [-0.2, 0) is 6.42 Å². The van der Waals surface area contributed by atoms with Gasteiger partial charge in [-0.25, -0.2) is 4.79 Å². The summed E-state index contributed by atoms with van der Waals surface area (Å²) in [5.41, 5.74) is 6.87. The van der Waals surface area contributed by atoms with Crippen molar-refractivity contribution >= 4 is 5.97 Å². The maximum atomic E-state index is 10.9. The molecule has 1 aliphatic rings. The third-order valence-corrected chi connectivity index (χ3v) is 3.93. The Labute approximate surface area is 134 Å². The van der Waals surface area contributed by atoms with Crippen molar-refractivity contribution in [2.75, 3.05) is 0 Å². The molecule has 0 fully saturated rings. The van der Waals surface area contributed by atoms with Crippen molar-refractivity contribution in [3.63, 3.8) is 0 Å². The lowest BCUT2D eigenvalue weighted by Gasteiger charge is -2.01. The highest BCUT2D eigenvalue weighted by molar-refractivity contribution is 5.88. The molecule has 1 aliphatic carbocycles. The Hall–Kier alpha value is -2.88. The predicted molar refractivity (Wildman–Crippen MR) is 90.6 cm³/mol.